The van der Waals surface area contributed by atoms with Gasteiger partial charge in [-0.25, -0.2) is 4.98 Å². The zero-order valence-corrected chi connectivity index (χ0v) is 17.7. The molecule has 0 aliphatic heterocycles. The molecule has 0 aliphatic carbocycles. The lowest BCUT2D eigenvalue weighted by Crippen LogP contribution is -2.11. The van der Waals surface area contributed by atoms with Gasteiger partial charge in [-0.3, -0.25) is 4.98 Å². The number of thiazole rings is 1. The molecule has 0 saturated heterocycles. The Balaban J connectivity index is 1.39. The number of aryl methyl sites for hydroxylation is 1. The van der Waals surface area contributed by atoms with Gasteiger partial charge in [-0.2, -0.15) is 0 Å². The van der Waals surface area contributed by atoms with Crippen LogP contribution < -0.4 is 20.7 Å². The molecule has 2 aromatic carbocycles. The van der Waals surface area contributed by atoms with E-state index in [2.05, 4.69) is 51.0 Å². The summed E-state index contributed by atoms with van der Waals surface area (Å²) in [6.45, 7) is 2.69. The average molecular weight is 418 g/mol. The Morgan fingerprint density at radius 2 is 1.80 bits per heavy atom. The average Bonchev–Trinajstić information content (AvgIpc) is 3.26. The van der Waals surface area contributed by atoms with Gasteiger partial charge in [0.2, 0.25) is 0 Å². The Morgan fingerprint density at radius 1 is 1.00 bits per heavy atom. The molecule has 0 fully saturated rings. The minimum atomic E-state index is 0.608. The third-order valence-corrected chi connectivity index (χ3v) is 5.37. The Morgan fingerprint density at radius 3 is 2.57 bits per heavy atom. The summed E-state index contributed by atoms with van der Waals surface area (Å²) >= 11 is 1.58. The molecule has 0 bridgehead atoms. The van der Waals surface area contributed by atoms with E-state index in [1.807, 2.05) is 48.0 Å². The van der Waals surface area contributed by atoms with Gasteiger partial charge in [-0.15, -0.1) is 11.3 Å². The lowest BCUT2D eigenvalue weighted by atomic mass is 10.2. The van der Waals surface area contributed by atoms with Crippen LogP contribution in [0.4, 0.5) is 22.2 Å². The monoisotopic (exact) mass is 417 g/mol. The number of anilines is 4. The number of aromatic nitrogens is 2. The molecule has 2 heterocycles. The van der Waals surface area contributed by atoms with Gasteiger partial charge in [0.05, 0.1) is 19.5 Å². The highest BCUT2D eigenvalue weighted by Crippen LogP contribution is 2.29. The first-order chi connectivity index (χ1) is 14.7. The minimum Gasteiger partial charge on any atom is -0.497 e. The molecule has 7 heteroatoms. The van der Waals surface area contributed by atoms with Crippen molar-refractivity contribution in [1.29, 1.82) is 0 Å². The van der Waals surface area contributed by atoms with E-state index in [-0.39, 0.29) is 0 Å². The summed E-state index contributed by atoms with van der Waals surface area (Å²) < 4.78 is 5.19. The fourth-order valence-corrected chi connectivity index (χ4v) is 3.65. The predicted octanol–water partition coefficient (Wildman–Crippen LogP) is 5.75. The van der Waals surface area contributed by atoms with Crippen molar-refractivity contribution in [1.82, 2.24) is 9.97 Å². The van der Waals surface area contributed by atoms with E-state index in [1.54, 1.807) is 24.6 Å². The molecule has 2 aromatic heterocycles. The molecule has 0 unspecified atom stereocenters. The van der Waals surface area contributed by atoms with Crippen LogP contribution in [-0.2, 0) is 0 Å². The van der Waals surface area contributed by atoms with E-state index >= 15 is 0 Å². The second-order valence-electron chi connectivity index (χ2n) is 6.69. The van der Waals surface area contributed by atoms with Crippen LogP contribution in [-0.4, -0.2) is 23.7 Å². The van der Waals surface area contributed by atoms with Gasteiger partial charge in [0.15, 0.2) is 5.13 Å². The quantitative estimate of drug-likeness (QED) is 0.317. The number of pyridine rings is 1. The third-order valence-electron chi connectivity index (χ3n) is 4.62. The van der Waals surface area contributed by atoms with Crippen LogP contribution in [0.2, 0.25) is 0 Å². The third kappa shape index (κ3) is 4.87. The lowest BCUT2D eigenvalue weighted by molar-refractivity contribution is 0.415. The van der Waals surface area contributed by atoms with E-state index in [0.29, 0.717) is 6.67 Å². The van der Waals surface area contributed by atoms with Gasteiger partial charge < -0.3 is 20.7 Å². The number of nitrogens with zero attached hydrogens (tertiary/aromatic N) is 2. The van der Waals surface area contributed by atoms with E-state index in [1.165, 1.54) is 0 Å². The Hall–Kier alpha value is -3.58. The second kappa shape index (κ2) is 9.28. The summed E-state index contributed by atoms with van der Waals surface area (Å²) in [6, 6.07) is 18.0. The Labute approximate surface area is 180 Å². The van der Waals surface area contributed by atoms with Crippen molar-refractivity contribution in [3.05, 3.63) is 77.9 Å². The van der Waals surface area contributed by atoms with Crippen molar-refractivity contribution < 1.29 is 4.74 Å². The van der Waals surface area contributed by atoms with E-state index < -0.39 is 0 Å². The zero-order valence-electron chi connectivity index (χ0n) is 16.8. The SMILES string of the molecule is COc1ccc(NCNc2ccc(C)c(Nc3nc(-c4cccnc4)cs3)c2)cc1. The molecule has 3 N–H and O–H groups in total. The Kier molecular flexibility index (Phi) is 6.10. The molecular weight excluding hydrogens is 394 g/mol. The number of nitrogens with one attached hydrogen (secondary N) is 3. The van der Waals surface area contributed by atoms with Crippen molar-refractivity contribution >= 4 is 33.5 Å². The van der Waals surface area contributed by atoms with E-state index in [4.69, 9.17) is 4.74 Å². The number of hydrogen-bond donors (Lipinski definition) is 3. The first-order valence-corrected chi connectivity index (χ1v) is 10.4. The fraction of sp³-hybridized carbons (Fsp3) is 0.130. The van der Waals surface area contributed by atoms with E-state index in [0.717, 1.165) is 44.8 Å². The largest absolute Gasteiger partial charge is 0.497 e. The summed E-state index contributed by atoms with van der Waals surface area (Å²) in [5.74, 6) is 0.844. The van der Waals surface area contributed by atoms with Crippen LogP contribution in [0.25, 0.3) is 11.3 Å². The first kappa shape index (κ1) is 19.7. The second-order valence-corrected chi connectivity index (χ2v) is 7.55. The molecule has 0 spiro atoms. The minimum absolute atomic E-state index is 0.608. The molecule has 4 rings (SSSR count). The number of ether oxygens (including phenoxy) is 1. The van der Waals surface area contributed by atoms with Gasteiger partial charge in [0.25, 0.3) is 0 Å². The first-order valence-electron chi connectivity index (χ1n) is 9.57. The molecule has 0 aliphatic rings. The molecule has 0 saturated carbocycles. The lowest BCUT2D eigenvalue weighted by Gasteiger charge is -2.13. The molecule has 0 radical (unpaired) electrons. The summed E-state index contributed by atoms with van der Waals surface area (Å²) in [4.78, 5) is 8.85. The predicted molar refractivity (Wildman–Crippen MR) is 125 cm³/mol. The zero-order chi connectivity index (χ0) is 20.8. The van der Waals surface area contributed by atoms with E-state index in [9.17, 15) is 0 Å². The van der Waals surface area contributed by atoms with Crippen molar-refractivity contribution in [3.63, 3.8) is 0 Å². The topological polar surface area (TPSA) is 71.1 Å². The normalized spacial score (nSPS) is 10.5. The maximum Gasteiger partial charge on any atom is 0.187 e. The molecular formula is C23H23N5OS. The number of hydrogen-bond acceptors (Lipinski definition) is 7. The van der Waals surface area contributed by atoms with Crippen molar-refractivity contribution in [3.8, 4) is 17.0 Å². The molecule has 152 valence electrons. The van der Waals surface area contributed by atoms with Gasteiger partial charge >= 0.3 is 0 Å². The maximum atomic E-state index is 5.19. The highest BCUT2D eigenvalue weighted by molar-refractivity contribution is 7.14. The van der Waals surface area contributed by atoms with Crippen LogP contribution in [0.1, 0.15) is 5.56 Å². The highest BCUT2D eigenvalue weighted by atomic mass is 32.1. The smallest absolute Gasteiger partial charge is 0.187 e. The van der Waals surface area contributed by atoms with Gasteiger partial charge in [0.1, 0.15) is 5.75 Å². The number of benzene rings is 2. The maximum absolute atomic E-state index is 5.19. The van der Waals surface area contributed by atoms with Crippen molar-refractivity contribution in [2.24, 2.45) is 0 Å². The summed E-state index contributed by atoms with van der Waals surface area (Å²) in [7, 11) is 1.67. The van der Waals surface area contributed by atoms with Crippen LogP contribution in [0, 0.1) is 6.92 Å². The summed E-state index contributed by atoms with van der Waals surface area (Å²) in [5.41, 5.74) is 6.16. The van der Waals surface area contributed by atoms with Crippen LogP contribution in [0.3, 0.4) is 0 Å². The van der Waals surface area contributed by atoms with Gasteiger partial charge in [-0.05, 0) is 61.0 Å². The molecule has 30 heavy (non-hydrogen) atoms. The van der Waals surface area contributed by atoms with Crippen LogP contribution >= 0.6 is 11.3 Å². The van der Waals surface area contributed by atoms with Crippen LogP contribution in [0.5, 0.6) is 5.75 Å². The number of methoxy groups -OCH3 is 1. The van der Waals surface area contributed by atoms with Crippen LogP contribution in [0.15, 0.2) is 72.4 Å². The molecule has 0 amide bonds. The Bertz CT molecular complexity index is 1100. The van der Waals surface area contributed by atoms with Gasteiger partial charge in [-0.1, -0.05) is 6.07 Å². The molecule has 6 nitrogen and oxygen atoms in total. The van der Waals surface area contributed by atoms with Gasteiger partial charge in [0, 0.05) is 40.4 Å². The van der Waals surface area contributed by atoms with Crippen molar-refractivity contribution in [2.45, 2.75) is 6.92 Å². The standard InChI is InChI=1S/C23H23N5OS/c1-16-5-6-19(26-15-25-18-7-9-20(29-2)10-8-18)12-21(16)27-23-28-22(14-30-23)17-4-3-11-24-13-17/h3-14,25-26H,15H2,1-2H3,(H,27,28). The summed E-state index contributed by atoms with van der Waals surface area (Å²) in [6.07, 6.45) is 3.59. The molecule has 4 aromatic rings. The summed E-state index contributed by atoms with van der Waals surface area (Å²) in [5, 5.41) is 13.1. The number of rotatable bonds is 8. The van der Waals surface area contributed by atoms with Crippen molar-refractivity contribution in [2.75, 3.05) is 29.7 Å². The molecule has 0 atom stereocenters. The highest BCUT2D eigenvalue weighted by Gasteiger charge is 2.07. The fourth-order valence-electron chi connectivity index (χ4n) is 2.92.